The number of hydrogen-bond acceptors (Lipinski definition) is 3. The first-order valence-electron chi connectivity index (χ1n) is 6.56. The number of nitrogens with two attached hydrogens (primary N) is 1. The minimum absolute atomic E-state index is 0.160. The fourth-order valence-corrected chi connectivity index (χ4v) is 2.70. The van der Waals surface area contributed by atoms with Crippen LogP contribution < -0.4 is 5.73 Å². The summed E-state index contributed by atoms with van der Waals surface area (Å²) in [5.74, 6) is -0.500. The predicted octanol–water partition coefficient (Wildman–Crippen LogP) is 3.46. The Hall–Kier alpha value is -1.46. The van der Waals surface area contributed by atoms with Crippen molar-refractivity contribution in [3.8, 4) is 0 Å². The number of nitrogens with zero attached hydrogens (tertiary/aromatic N) is 2. The molecule has 0 radical (unpaired) electrons. The van der Waals surface area contributed by atoms with Gasteiger partial charge in [0.1, 0.15) is 11.0 Å². The topological polar surface area (TPSA) is 49.6 Å². The summed E-state index contributed by atoms with van der Waals surface area (Å²) in [6.07, 6.45) is 2.56. The van der Waals surface area contributed by atoms with Crippen LogP contribution in [0.25, 0.3) is 5.57 Å². The van der Waals surface area contributed by atoms with Gasteiger partial charge in [0.15, 0.2) is 0 Å². The van der Waals surface area contributed by atoms with Crippen LogP contribution in [0.5, 0.6) is 0 Å². The average Bonchev–Trinajstić information content (AvgIpc) is 2.49. The first kappa shape index (κ1) is 15.9. The summed E-state index contributed by atoms with van der Waals surface area (Å²) >= 11 is 12.1. The maximum atomic E-state index is 14.1. The van der Waals surface area contributed by atoms with E-state index in [1.54, 1.807) is 11.9 Å². The second kappa shape index (κ2) is 6.54. The first-order valence-corrected chi connectivity index (χ1v) is 7.32. The molecule has 1 fully saturated rings. The molecule has 1 aromatic rings. The summed E-state index contributed by atoms with van der Waals surface area (Å²) < 4.78 is 14.1. The molecule has 4 nitrogen and oxygen atoms in total. The van der Waals surface area contributed by atoms with Crippen LogP contribution in [-0.2, 0) is 4.79 Å². The third-order valence-corrected chi connectivity index (χ3v) is 4.27. The van der Waals surface area contributed by atoms with Crippen molar-refractivity contribution in [1.29, 1.82) is 0 Å². The Kier molecular flexibility index (Phi) is 4.96. The molecule has 114 valence electrons. The lowest BCUT2D eigenvalue weighted by atomic mass is 10.1. The van der Waals surface area contributed by atoms with Gasteiger partial charge < -0.3 is 5.73 Å². The van der Waals surface area contributed by atoms with Crippen molar-refractivity contribution in [2.75, 3.05) is 18.8 Å². The van der Waals surface area contributed by atoms with E-state index in [1.807, 2.05) is 0 Å². The lowest BCUT2D eigenvalue weighted by Gasteiger charge is -2.37. The highest BCUT2D eigenvalue weighted by Crippen LogP contribution is 2.32. The van der Waals surface area contributed by atoms with Gasteiger partial charge in [0, 0.05) is 18.7 Å². The van der Waals surface area contributed by atoms with Gasteiger partial charge in [-0.15, -0.1) is 0 Å². The van der Waals surface area contributed by atoms with Gasteiger partial charge in [-0.2, -0.15) is 0 Å². The van der Waals surface area contributed by atoms with Gasteiger partial charge in [-0.05, 0) is 37.5 Å². The standard InChI is InChI=1S/C14H16Cl2FN3O/c1-9(10-6-13(18)11(15)7-12(10)17)14(16)20-5-3-2-4-19(20)8-21/h6-8H,2-5,18H2,1H3/b14-9+. The van der Waals surface area contributed by atoms with Gasteiger partial charge in [0.05, 0.1) is 10.7 Å². The first-order chi connectivity index (χ1) is 9.95. The summed E-state index contributed by atoms with van der Waals surface area (Å²) in [5, 5.41) is 3.61. The van der Waals surface area contributed by atoms with Crippen molar-refractivity contribution in [3.05, 3.63) is 33.7 Å². The van der Waals surface area contributed by atoms with E-state index < -0.39 is 5.82 Å². The Morgan fingerprint density at radius 2 is 2.05 bits per heavy atom. The maximum Gasteiger partial charge on any atom is 0.228 e. The van der Waals surface area contributed by atoms with E-state index in [2.05, 4.69) is 0 Å². The van der Waals surface area contributed by atoms with Crippen LogP contribution in [0.3, 0.4) is 0 Å². The van der Waals surface area contributed by atoms with Crippen molar-refractivity contribution in [1.82, 2.24) is 10.0 Å². The summed E-state index contributed by atoms with van der Waals surface area (Å²) in [6.45, 7) is 2.89. The summed E-state index contributed by atoms with van der Waals surface area (Å²) in [6, 6.07) is 2.61. The van der Waals surface area contributed by atoms with Crippen molar-refractivity contribution in [2.24, 2.45) is 0 Å². The fraction of sp³-hybridized carbons (Fsp3) is 0.357. The molecule has 0 saturated carbocycles. The normalized spacial score (nSPS) is 16.8. The minimum atomic E-state index is -0.500. The smallest absolute Gasteiger partial charge is 0.228 e. The Bertz CT molecular complexity index is 592. The van der Waals surface area contributed by atoms with Crippen LogP contribution in [-0.4, -0.2) is 29.5 Å². The van der Waals surface area contributed by atoms with Crippen molar-refractivity contribution >= 4 is 40.9 Å². The van der Waals surface area contributed by atoms with E-state index in [0.29, 0.717) is 23.8 Å². The lowest BCUT2D eigenvalue weighted by Crippen LogP contribution is -2.44. The largest absolute Gasteiger partial charge is 0.398 e. The lowest BCUT2D eigenvalue weighted by molar-refractivity contribution is -0.133. The number of anilines is 1. The molecule has 1 aliphatic heterocycles. The Balaban J connectivity index is 2.42. The monoisotopic (exact) mass is 331 g/mol. The van der Waals surface area contributed by atoms with E-state index in [9.17, 15) is 9.18 Å². The zero-order chi connectivity index (χ0) is 15.6. The number of allylic oxidation sites excluding steroid dienone is 1. The number of carbonyl (C=O) groups is 1. The molecule has 1 aromatic carbocycles. The molecule has 7 heteroatoms. The Morgan fingerprint density at radius 1 is 1.38 bits per heavy atom. The SMILES string of the molecule is C/C(=C(/Cl)N1CCCCN1C=O)c1cc(N)c(Cl)cc1F. The average molecular weight is 332 g/mol. The molecule has 1 aliphatic rings. The van der Waals surface area contributed by atoms with Gasteiger partial charge in [0.25, 0.3) is 0 Å². The Morgan fingerprint density at radius 3 is 2.71 bits per heavy atom. The van der Waals surface area contributed by atoms with Gasteiger partial charge in [-0.1, -0.05) is 23.2 Å². The van der Waals surface area contributed by atoms with E-state index in [4.69, 9.17) is 28.9 Å². The molecule has 21 heavy (non-hydrogen) atoms. The molecule has 0 unspecified atom stereocenters. The highest BCUT2D eigenvalue weighted by atomic mass is 35.5. The summed E-state index contributed by atoms with van der Waals surface area (Å²) in [7, 11) is 0. The van der Waals surface area contributed by atoms with E-state index in [0.717, 1.165) is 25.3 Å². The second-order valence-corrected chi connectivity index (χ2v) is 5.63. The molecular weight excluding hydrogens is 316 g/mol. The molecule has 0 atom stereocenters. The Labute approximate surface area is 132 Å². The van der Waals surface area contributed by atoms with E-state index in [-0.39, 0.29) is 16.3 Å². The molecular formula is C14H16Cl2FN3O. The van der Waals surface area contributed by atoms with Crippen LogP contribution in [0.1, 0.15) is 25.3 Å². The molecule has 0 bridgehead atoms. The second-order valence-electron chi connectivity index (χ2n) is 4.87. The van der Waals surface area contributed by atoms with Crippen LogP contribution in [0.15, 0.2) is 17.3 Å². The molecule has 1 saturated heterocycles. The van der Waals surface area contributed by atoms with Gasteiger partial charge in [-0.25, -0.2) is 4.39 Å². The molecule has 0 spiro atoms. The van der Waals surface area contributed by atoms with Crippen LogP contribution in [0, 0.1) is 5.82 Å². The number of carbonyl (C=O) groups excluding carboxylic acids is 1. The molecule has 0 aromatic heterocycles. The predicted molar refractivity (Wildman–Crippen MR) is 83.0 cm³/mol. The molecule has 1 heterocycles. The fourth-order valence-electron chi connectivity index (χ4n) is 2.26. The number of rotatable bonds is 3. The van der Waals surface area contributed by atoms with Gasteiger partial charge in [0.2, 0.25) is 6.41 Å². The van der Waals surface area contributed by atoms with Crippen LogP contribution in [0.4, 0.5) is 10.1 Å². The number of halogens is 3. The number of nitrogen functional groups attached to an aromatic ring is 1. The quantitative estimate of drug-likeness (QED) is 0.524. The maximum absolute atomic E-state index is 14.1. The zero-order valence-electron chi connectivity index (χ0n) is 11.6. The number of hydrogen-bond donors (Lipinski definition) is 1. The third-order valence-electron chi connectivity index (χ3n) is 3.47. The van der Waals surface area contributed by atoms with Crippen molar-refractivity contribution in [3.63, 3.8) is 0 Å². The van der Waals surface area contributed by atoms with Crippen molar-refractivity contribution < 1.29 is 9.18 Å². The van der Waals surface area contributed by atoms with Gasteiger partial charge in [-0.3, -0.25) is 14.8 Å². The van der Waals surface area contributed by atoms with E-state index >= 15 is 0 Å². The van der Waals surface area contributed by atoms with Crippen molar-refractivity contribution in [2.45, 2.75) is 19.8 Å². The zero-order valence-corrected chi connectivity index (χ0v) is 13.1. The number of benzene rings is 1. The van der Waals surface area contributed by atoms with Crippen LogP contribution in [0.2, 0.25) is 5.02 Å². The highest BCUT2D eigenvalue weighted by Gasteiger charge is 2.22. The van der Waals surface area contributed by atoms with E-state index in [1.165, 1.54) is 11.1 Å². The van der Waals surface area contributed by atoms with Crippen LogP contribution >= 0.6 is 23.2 Å². The molecule has 1 amide bonds. The molecule has 0 aliphatic carbocycles. The van der Waals surface area contributed by atoms with Gasteiger partial charge >= 0.3 is 0 Å². The summed E-state index contributed by atoms with van der Waals surface area (Å²) in [5.41, 5.74) is 6.78. The number of amides is 1. The minimum Gasteiger partial charge on any atom is -0.398 e. The molecule has 2 rings (SSSR count). The molecule has 2 N–H and O–H groups in total. The highest BCUT2D eigenvalue weighted by molar-refractivity contribution is 6.33. The summed E-state index contributed by atoms with van der Waals surface area (Å²) in [4.78, 5) is 11.1. The number of hydrazine groups is 1. The third kappa shape index (κ3) is 3.24.